The number of carbonyl (C=O) groups is 1. The van der Waals surface area contributed by atoms with Crippen LogP contribution in [0.15, 0.2) is 52.9 Å². The number of hydrogen-bond donors (Lipinski definition) is 1. The number of amides is 1. The summed E-state index contributed by atoms with van der Waals surface area (Å²) in [6.45, 7) is 6.56. The van der Waals surface area contributed by atoms with Crippen LogP contribution in [0.1, 0.15) is 21.9 Å². The van der Waals surface area contributed by atoms with Crippen LogP contribution in [0.25, 0.3) is 0 Å². The molecule has 0 saturated carbocycles. The summed E-state index contributed by atoms with van der Waals surface area (Å²) in [5.41, 5.74) is 4.36. The van der Waals surface area contributed by atoms with Gasteiger partial charge in [-0.25, -0.2) is 0 Å². The van der Waals surface area contributed by atoms with E-state index in [4.69, 9.17) is 4.74 Å². The van der Waals surface area contributed by atoms with Crippen molar-refractivity contribution in [2.75, 3.05) is 31.6 Å². The normalized spacial score (nSPS) is 15.1. The van der Waals surface area contributed by atoms with E-state index in [0.29, 0.717) is 26.3 Å². The van der Waals surface area contributed by atoms with Gasteiger partial charge >= 0.3 is 0 Å². The molecule has 30 heavy (non-hydrogen) atoms. The number of hydrogen-bond acceptors (Lipinski definition) is 7. The average Bonchev–Trinajstić information content (AvgIpc) is 3.22. The van der Waals surface area contributed by atoms with Crippen LogP contribution >= 0.6 is 23.1 Å². The number of aromatic nitrogens is 2. The molecular formula is C22H24N4O2S2. The first kappa shape index (κ1) is 20.8. The van der Waals surface area contributed by atoms with Gasteiger partial charge in [0.1, 0.15) is 5.25 Å². The number of anilines is 2. The Labute approximate surface area is 184 Å². The second-order valence-electron chi connectivity index (χ2n) is 7.16. The molecule has 1 aliphatic rings. The molecule has 2 heterocycles. The van der Waals surface area contributed by atoms with Gasteiger partial charge in [-0.2, -0.15) is 0 Å². The highest BCUT2D eigenvalue weighted by Gasteiger charge is 2.29. The summed E-state index contributed by atoms with van der Waals surface area (Å²) in [4.78, 5) is 15.1. The van der Waals surface area contributed by atoms with Crippen molar-refractivity contribution in [2.45, 2.75) is 23.4 Å². The van der Waals surface area contributed by atoms with Crippen molar-refractivity contribution in [2.24, 2.45) is 0 Å². The van der Waals surface area contributed by atoms with Crippen LogP contribution < -0.4 is 5.32 Å². The molecule has 1 atom stereocenters. The summed E-state index contributed by atoms with van der Waals surface area (Å²) in [5, 5.41) is 12.3. The molecule has 8 heteroatoms. The van der Waals surface area contributed by atoms with Crippen molar-refractivity contribution >= 4 is 39.8 Å². The molecule has 0 spiro atoms. The third-order valence-corrected chi connectivity index (χ3v) is 7.06. The quantitative estimate of drug-likeness (QED) is 0.566. The van der Waals surface area contributed by atoms with E-state index in [1.165, 1.54) is 28.7 Å². The maximum Gasteiger partial charge on any atom is 0.240 e. The number of rotatable bonds is 6. The summed E-state index contributed by atoms with van der Waals surface area (Å²) in [6, 6.07) is 16.1. The molecule has 1 saturated heterocycles. The van der Waals surface area contributed by atoms with Crippen molar-refractivity contribution in [3.8, 4) is 0 Å². The number of aryl methyl sites for hydroxylation is 2. The molecule has 3 aromatic rings. The largest absolute Gasteiger partial charge is 0.378 e. The van der Waals surface area contributed by atoms with Crippen LogP contribution in [0.5, 0.6) is 0 Å². The number of thioether (sulfide) groups is 1. The van der Waals surface area contributed by atoms with E-state index in [2.05, 4.69) is 41.5 Å². The fourth-order valence-electron chi connectivity index (χ4n) is 3.32. The van der Waals surface area contributed by atoms with Crippen molar-refractivity contribution < 1.29 is 9.53 Å². The van der Waals surface area contributed by atoms with E-state index in [1.807, 2.05) is 41.3 Å². The number of benzene rings is 2. The van der Waals surface area contributed by atoms with Gasteiger partial charge in [0.15, 0.2) is 4.34 Å². The molecule has 1 aromatic heterocycles. The molecule has 1 aliphatic heterocycles. The molecule has 1 amide bonds. The highest BCUT2D eigenvalue weighted by molar-refractivity contribution is 8.01. The molecule has 0 aliphatic carbocycles. The van der Waals surface area contributed by atoms with Crippen LogP contribution in [-0.2, 0) is 9.53 Å². The fraction of sp³-hybridized carbons (Fsp3) is 0.318. The zero-order chi connectivity index (χ0) is 20.9. The second kappa shape index (κ2) is 9.59. The molecule has 6 nitrogen and oxygen atoms in total. The van der Waals surface area contributed by atoms with Crippen molar-refractivity contribution in [1.29, 1.82) is 0 Å². The van der Waals surface area contributed by atoms with Crippen molar-refractivity contribution in [3.63, 3.8) is 0 Å². The van der Waals surface area contributed by atoms with Gasteiger partial charge in [-0.3, -0.25) is 4.79 Å². The third-order valence-electron chi connectivity index (χ3n) is 4.90. The molecule has 2 aromatic carbocycles. The minimum atomic E-state index is -0.355. The minimum Gasteiger partial charge on any atom is -0.378 e. The number of carbonyl (C=O) groups excluding carboxylic acids is 1. The number of morpholine rings is 1. The molecular weight excluding hydrogens is 416 g/mol. The Morgan fingerprint density at radius 2 is 1.90 bits per heavy atom. The van der Waals surface area contributed by atoms with E-state index >= 15 is 0 Å². The van der Waals surface area contributed by atoms with Crippen LogP contribution in [-0.4, -0.2) is 47.3 Å². The third kappa shape index (κ3) is 5.00. The van der Waals surface area contributed by atoms with E-state index in [0.717, 1.165) is 26.3 Å². The summed E-state index contributed by atoms with van der Waals surface area (Å²) >= 11 is 2.92. The monoisotopic (exact) mass is 440 g/mol. The number of nitrogens with zero attached hydrogens (tertiary/aromatic N) is 3. The van der Waals surface area contributed by atoms with Gasteiger partial charge in [0.25, 0.3) is 0 Å². The highest BCUT2D eigenvalue weighted by Crippen LogP contribution is 2.39. The Morgan fingerprint density at radius 1 is 1.13 bits per heavy atom. The standard InChI is InChI=1S/C22H24N4O2S2/c1-15-8-9-18(16(2)14-15)23-21-24-25-22(30-21)29-19(17-6-4-3-5-7-17)20(27)26-10-12-28-13-11-26/h3-9,14,19H,10-13H2,1-2H3,(H,23,24)/t19-/m1/s1. The van der Waals surface area contributed by atoms with E-state index in [1.54, 1.807) is 0 Å². The summed E-state index contributed by atoms with van der Waals surface area (Å²) in [7, 11) is 0. The van der Waals surface area contributed by atoms with Gasteiger partial charge in [-0.1, -0.05) is 71.1 Å². The lowest BCUT2D eigenvalue weighted by atomic mass is 10.1. The van der Waals surface area contributed by atoms with Gasteiger partial charge < -0.3 is 15.0 Å². The zero-order valence-electron chi connectivity index (χ0n) is 17.0. The van der Waals surface area contributed by atoms with Crippen LogP contribution in [0.4, 0.5) is 10.8 Å². The Bertz CT molecular complexity index is 1000. The molecule has 0 unspecified atom stereocenters. The second-order valence-corrected chi connectivity index (χ2v) is 9.49. The lowest BCUT2D eigenvalue weighted by Crippen LogP contribution is -2.42. The van der Waals surface area contributed by atoms with Gasteiger partial charge in [0.2, 0.25) is 11.0 Å². The predicted octanol–water partition coefficient (Wildman–Crippen LogP) is 4.59. The average molecular weight is 441 g/mol. The Kier molecular flexibility index (Phi) is 6.66. The summed E-state index contributed by atoms with van der Waals surface area (Å²) in [6.07, 6.45) is 0. The summed E-state index contributed by atoms with van der Waals surface area (Å²) < 4.78 is 6.16. The molecule has 156 valence electrons. The fourth-order valence-corrected chi connectivity index (χ4v) is 5.36. The number of ether oxygens (including phenoxy) is 1. The highest BCUT2D eigenvalue weighted by atomic mass is 32.2. The first-order valence-corrected chi connectivity index (χ1v) is 11.6. The van der Waals surface area contributed by atoms with E-state index < -0.39 is 0 Å². The first-order chi connectivity index (χ1) is 14.6. The van der Waals surface area contributed by atoms with Crippen LogP contribution in [0.3, 0.4) is 0 Å². The van der Waals surface area contributed by atoms with Crippen LogP contribution in [0.2, 0.25) is 0 Å². The van der Waals surface area contributed by atoms with Crippen molar-refractivity contribution in [3.05, 3.63) is 65.2 Å². The lowest BCUT2D eigenvalue weighted by molar-refractivity contribution is -0.134. The van der Waals surface area contributed by atoms with Crippen molar-refractivity contribution in [1.82, 2.24) is 15.1 Å². The van der Waals surface area contributed by atoms with Gasteiger partial charge in [0.05, 0.1) is 13.2 Å². The SMILES string of the molecule is Cc1ccc(Nc2nnc(S[C@@H](C(=O)N3CCOCC3)c3ccccc3)s2)c(C)c1. The maximum atomic E-state index is 13.3. The minimum absolute atomic E-state index is 0.0913. The van der Waals surface area contributed by atoms with E-state index in [9.17, 15) is 4.79 Å². The summed E-state index contributed by atoms with van der Waals surface area (Å²) in [5.74, 6) is 0.0913. The van der Waals surface area contributed by atoms with Gasteiger partial charge in [-0.15, -0.1) is 10.2 Å². The Balaban J connectivity index is 1.52. The first-order valence-electron chi connectivity index (χ1n) is 9.86. The lowest BCUT2D eigenvalue weighted by Gasteiger charge is -2.30. The Hall–Kier alpha value is -2.42. The Morgan fingerprint density at radius 3 is 2.63 bits per heavy atom. The molecule has 4 rings (SSSR count). The predicted molar refractivity (Wildman–Crippen MR) is 122 cm³/mol. The molecule has 0 bridgehead atoms. The molecule has 0 radical (unpaired) electrons. The van der Waals surface area contributed by atoms with Crippen LogP contribution in [0, 0.1) is 13.8 Å². The van der Waals surface area contributed by atoms with Gasteiger partial charge in [-0.05, 0) is 31.0 Å². The smallest absolute Gasteiger partial charge is 0.240 e. The maximum absolute atomic E-state index is 13.3. The topological polar surface area (TPSA) is 67.4 Å². The van der Waals surface area contributed by atoms with E-state index in [-0.39, 0.29) is 11.2 Å². The van der Waals surface area contributed by atoms with Gasteiger partial charge in [0, 0.05) is 18.8 Å². The molecule has 1 fully saturated rings. The zero-order valence-corrected chi connectivity index (χ0v) is 18.6. The number of nitrogens with one attached hydrogen (secondary N) is 1. The molecule has 1 N–H and O–H groups in total.